The minimum Gasteiger partial charge on any atom is -0.459 e. The van der Waals surface area contributed by atoms with Crippen LogP contribution < -0.4 is 0 Å². The molecule has 0 unspecified atom stereocenters. The molecule has 0 saturated carbocycles. The van der Waals surface area contributed by atoms with Crippen LogP contribution in [0.1, 0.15) is 54.0 Å². The molecule has 0 spiro atoms. The van der Waals surface area contributed by atoms with Crippen molar-refractivity contribution in [3.8, 4) is 0 Å². The Hall–Kier alpha value is -2.82. The van der Waals surface area contributed by atoms with E-state index in [1.165, 1.54) is 12.1 Å². The Morgan fingerprint density at radius 3 is 2.03 bits per heavy atom. The van der Waals surface area contributed by atoms with Crippen molar-refractivity contribution in [2.24, 2.45) is 0 Å². The lowest BCUT2D eigenvalue weighted by atomic mass is 10.1. The molecule has 35 heavy (non-hydrogen) atoms. The summed E-state index contributed by atoms with van der Waals surface area (Å²) < 4.78 is 40.6. The summed E-state index contributed by atoms with van der Waals surface area (Å²) in [5, 5.41) is 11.7. The van der Waals surface area contributed by atoms with Crippen molar-refractivity contribution < 1.29 is 27.6 Å². The lowest BCUT2D eigenvalue weighted by Crippen LogP contribution is -2.54. The summed E-state index contributed by atoms with van der Waals surface area (Å²) in [4.78, 5) is 23.9. The van der Waals surface area contributed by atoms with Crippen molar-refractivity contribution in [3.63, 3.8) is 0 Å². The predicted octanol–water partition coefficient (Wildman–Crippen LogP) is 4.70. The van der Waals surface area contributed by atoms with Crippen molar-refractivity contribution in [1.29, 1.82) is 0 Å². The van der Waals surface area contributed by atoms with Gasteiger partial charge in [0.15, 0.2) is 4.90 Å². The monoisotopic (exact) mass is 506 g/mol. The average molecular weight is 507 g/mol. The van der Waals surface area contributed by atoms with Gasteiger partial charge < -0.3 is 9.47 Å². The third kappa shape index (κ3) is 7.84. The maximum Gasteiger partial charge on any atom is 0.327 e. The van der Waals surface area contributed by atoms with Gasteiger partial charge in [0.05, 0.1) is 16.6 Å². The summed E-state index contributed by atoms with van der Waals surface area (Å²) >= 11 is 0. The molecule has 0 N–H and O–H groups in total. The first-order valence-electron chi connectivity index (χ1n) is 11.2. The van der Waals surface area contributed by atoms with E-state index >= 15 is 0 Å². The highest BCUT2D eigenvalue weighted by Gasteiger charge is 2.45. The first kappa shape index (κ1) is 28.4. The zero-order valence-corrected chi connectivity index (χ0v) is 22.0. The van der Waals surface area contributed by atoms with Gasteiger partial charge in [-0.3, -0.25) is 14.9 Å². The van der Waals surface area contributed by atoms with E-state index in [0.717, 1.165) is 16.4 Å². The Morgan fingerprint density at radius 1 is 0.971 bits per heavy atom. The third-order valence-electron chi connectivity index (χ3n) is 4.77. The number of ether oxygens (including phenoxy) is 2. The summed E-state index contributed by atoms with van der Waals surface area (Å²) in [7, 11) is -4.56. The number of sulfonamides is 1. The van der Waals surface area contributed by atoms with Crippen LogP contribution in [0.3, 0.4) is 0 Å². The molecule has 9 nitrogen and oxygen atoms in total. The molecule has 192 valence electrons. The molecule has 0 radical (unpaired) electrons. The molecule has 0 fully saturated rings. The molecule has 0 aliphatic rings. The van der Waals surface area contributed by atoms with Gasteiger partial charge in [-0.25, -0.2) is 8.42 Å². The number of nitro benzene ring substituents is 1. The number of carbonyl (C=O) groups excluding carboxylic acids is 1. The summed E-state index contributed by atoms with van der Waals surface area (Å²) in [6.07, 6.45) is -0.939. The van der Waals surface area contributed by atoms with Gasteiger partial charge in [0.25, 0.3) is 15.7 Å². The Morgan fingerprint density at radius 2 is 1.51 bits per heavy atom. The average Bonchev–Trinajstić information content (AvgIpc) is 2.71. The second-order valence-electron chi connectivity index (χ2n) is 10.2. The van der Waals surface area contributed by atoms with Crippen LogP contribution in [0.5, 0.6) is 0 Å². The van der Waals surface area contributed by atoms with Crippen LogP contribution in [0, 0.1) is 10.1 Å². The van der Waals surface area contributed by atoms with E-state index in [9.17, 15) is 23.3 Å². The summed E-state index contributed by atoms with van der Waals surface area (Å²) in [5.74, 6) is -0.813. The number of nitrogens with zero attached hydrogens (tertiary/aromatic N) is 2. The maximum atomic E-state index is 14.0. The largest absolute Gasteiger partial charge is 0.459 e. The molecule has 10 heteroatoms. The molecule has 0 aliphatic heterocycles. The Kier molecular flexibility index (Phi) is 8.80. The van der Waals surface area contributed by atoms with Gasteiger partial charge in [0.2, 0.25) is 0 Å². The van der Waals surface area contributed by atoms with E-state index in [1.54, 1.807) is 78.8 Å². The highest BCUT2D eigenvalue weighted by molar-refractivity contribution is 7.89. The number of nitro groups is 1. The first-order valence-corrected chi connectivity index (χ1v) is 12.7. The molecule has 0 bridgehead atoms. The number of benzene rings is 2. The molecule has 0 heterocycles. The van der Waals surface area contributed by atoms with Gasteiger partial charge in [0, 0.05) is 12.6 Å². The fraction of sp³-hybridized carbons (Fsp3) is 0.480. The van der Waals surface area contributed by atoms with Gasteiger partial charge in [-0.1, -0.05) is 42.5 Å². The first-order chi connectivity index (χ1) is 16.0. The van der Waals surface area contributed by atoms with Crippen LogP contribution in [0.2, 0.25) is 0 Å². The fourth-order valence-corrected chi connectivity index (χ4v) is 5.36. The lowest BCUT2D eigenvalue weighted by molar-refractivity contribution is -0.387. The highest BCUT2D eigenvalue weighted by atomic mass is 32.2. The molecular weight excluding hydrogens is 472 g/mol. The van der Waals surface area contributed by atoms with Crippen molar-refractivity contribution in [1.82, 2.24) is 4.31 Å². The zero-order valence-electron chi connectivity index (χ0n) is 21.2. The standard InChI is InChI=1S/C25H34N2O7S/c1-18(33-24(2,3)4)22(23(28)34-25(5,6)7)26(17-19-13-9-8-10-14-19)35(31,32)21-16-12-11-15-20(21)27(29)30/h8-16,18,22H,17H2,1-7H3/t18-,22+/m1/s1. The molecule has 0 aromatic heterocycles. The van der Waals surface area contributed by atoms with E-state index in [1.807, 2.05) is 0 Å². The summed E-state index contributed by atoms with van der Waals surface area (Å²) in [6.45, 7) is 11.7. The van der Waals surface area contributed by atoms with E-state index in [4.69, 9.17) is 9.47 Å². The van der Waals surface area contributed by atoms with E-state index in [0.29, 0.717) is 5.56 Å². The quantitative estimate of drug-likeness (QED) is 0.275. The van der Waals surface area contributed by atoms with Crippen LogP contribution in [0.15, 0.2) is 59.5 Å². The Labute approximate surface area is 207 Å². The minimum absolute atomic E-state index is 0.225. The number of carbonyl (C=O) groups is 1. The molecule has 0 aliphatic carbocycles. The topological polar surface area (TPSA) is 116 Å². The van der Waals surface area contributed by atoms with Gasteiger partial charge in [-0.2, -0.15) is 4.31 Å². The second kappa shape index (κ2) is 10.8. The minimum atomic E-state index is -4.56. The third-order valence-corrected chi connectivity index (χ3v) is 6.65. The maximum absolute atomic E-state index is 14.0. The molecule has 2 aromatic rings. The van der Waals surface area contributed by atoms with Crippen molar-refractivity contribution in [2.45, 2.75) is 83.3 Å². The van der Waals surface area contributed by atoms with Crippen molar-refractivity contribution in [3.05, 3.63) is 70.3 Å². The molecule has 0 saturated heterocycles. The number of hydrogen-bond donors (Lipinski definition) is 0. The summed E-state index contributed by atoms with van der Waals surface area (Å²) in [5.41, 5.74) is -1.61. The number of rotatable bonds is 9. The Bertz CT molecular complexity index is 1140. The van der Waals surface area contributed by atoms with Gasteiger partial charge in [-0.05, 0) is 60.1 Å². The van der Waals surface area contributed by atoms with Gasteiger partial charge >= 0.3 is 5.97 Å². The smallest absolute Gasteiger partial charge is 0.327 e. The van der Waals surface area contributed by atoms with Crippen LogP contribution in [-0.4, -0.2) is 47.0 Å². The number of para-hydroxylation sites is 1. The Balaban J connectivity index is 2.75. The van der Waals surface area contributed by atoms with E-state index < -0.39 is 54.8 Å². The van der Waals surface area contributed by atoms with E-state index in [-0.39, 0.29) is 6.54 Å². The van der Waals surface area contributed by atoms with Gasteiger partial charge in [-0.15, -0.1) is 0 Å². The van der Waals surface area contributed by atoms with Crippen LogP contribution in [-0.2, 0) is 30.8 Å². The fourth-order valence-electron chi connectivity index (χ4n) is 3.58. The van der Waals surface area contributed by atoms with Crippen molar-refractivity contribution in [2.75, 3.05) is 0 Å². The normalized spacial score (nSPS) is 14.4. The lowest BCUT2D eigenvalue weighted by Gasteiger charge is -2.37. The van der Waals surface area contributed by atoms with Crippen molar-refractivity contribution >= 4 is 21.7 Å². The highest BCUT2D eigenvalue weighted by Crippen LogP contribution is 2.31. The van der Waals surface area contributed by atoms with Crippen LogP contribution in [0.4, 0.5) is 5.69 Å². The molecule has 0 amide bonds. The molecular formula is C25H34N2O7S. The zero-order chi connectivity index (χ0) is 26.6. The van der Waals surface area contributed by atoms with Crippen LogP contribution >= 0.6 is 0 Å². The van der Waals surface area contributed by atoms with Gasteiger partial charge in [0.1, 0.15) is 11.6 Å². The molecule has 2 atom stereocenters. The molecule has 2 rings (SSSR count). The SMILES string of the molecule is C[C@@H](OC(C)(C)C)[C@@H](C(=O)OC(C)(C)C)N(Cc1ccccc1)S(=O)(=O)c1ccccc1[N+](=O)[O-]. The number of hydrogen-bond acceptors (Lipinski definition) is 7. The molecule has 2 aromatic carbocycles. The predicted molar refractivity (Wildman–Crippen MR) is 132 cm³/mol. The number of esters is 1. The van der Waals surface area contributed by atoms with E-state index in [2.05, 4.69) is 0 Å². The van der Waals surface area contributed by atoms with Crippen LogP contribution in [0.25, 0.3) is 0 Å². The second-order valence-corrected chi connectivity index (χ2v) is 12.0. The summed E-state index contributed by atoms with van der Waals surface area (Å²) in [6, 6.07) is 12.3.